The van der Waals surface area contributed by atoms with Crippen LogP contribution in [0.4, 0.5) is 0 Å². The summed E-state index contributed by atoms with van der Waals surface area (Å²) in [5.74, 6) is 0. The van der Waals surface area contributed by atoms with E-state index in [1.165, 1.54) is 0 Å². The van der Waals surface area contributed by atoms with Crippen molar-refractivity contribution >= 4 is 22.9 Å². The van der Waals surface area contributed by atoms with E-state index < -0.39 is 0 Å². The quantitative estimate of drug-likeness (QED) is 0.887. The van der Waals surface area contributed by atoms with Crippen molar-refractivity contribution in [1.29, 1.82) is 0 Å². The third-order valence-corrected chi connectivity index (χ3v) is 4.46. The van der Waals surface area contributed by atoms with Crippen molar-refractivity contribution in [3.63, 3.8) is 0 Å². The van der Waals surface area contributed by atoms with Crippen LogP contribution in [0.25, 0.3) is 0 Å². The molecule has 21 heavy (non-hydrogen) atoms. The standard InChI is InChI=1S/C16H22ClN3S/c1-5-18-12(15-11(17)7-6-8-19-15)9-14-20-13(10-21-14)16(2,3)4/h6-8,10,12,18H,5,9H2,1-4H3. The first-order chi connectivity index (χ1) is 9.91. The minimum absolute atomic E-state index is 0.0884. The number of halogens is 1. The van der Waals surface area contributed by atoms with Gasteiger partial charge in [0.05, 0.1) is 27.5 Å². The molecule has 0 aliphatic rings. The Bertz CT molecular complexity index is 589. The highest BCUT2D eigenvalue weighted by molar-refractivity contribution is 7.09. The summed E-state index contributed by atoms with van der Waals surface area (Å²) in [5.41, 5.74) is 2.13. The molecule has 3 nitrogen and oxygen atoms in total. The van der Waals surface area contributed by atoms with Gasteiger partial charge in [-0.15, -0.1) is 11.3 Å². The third kappa shape index (κ3) is 4.25. The zero-order chi connectivity index (χ0) is 15.5. The maximum Gasteiger partial charge on any atom is 0.0948 e. The lowest BCUT2D eigenvalue weighted by Gasteiger charge is -2.17. The SMILES string of the molecule is CCNC(Cc1nc(C(C)(C)C)cs1)c1ncccc1Cl. The Morgan fingerprint density at radius 2 is 2.14 bits per heavy atom. The van der Waals surface area contributed by atoms with Crippen LogP contribution in [0.2, 0.25) is 5.02 Å². The van der Waals surface area contributed by atoms with Crippen LogP contribution in [0.1, 0.15) is 50.1 Å². The maximum absolute atomic E-state index is 6.28. The molecule has 0 bridgehead atoms. The van der Waals surface area contributed by atoms with E-state index in [2.05, 4.69) is 43.4 Å². The lowest BCUT2D eigenvalue weighted by atomic mass is 9.93. The van der Waals surface area contributed by atoms with E-state index in [0.717, 1.165) is 29.4 Å². The van der Waals surface area contributed by atoms with Crippen molar-refractivity contribution in [2.75, 3.05) is 6.54 Å². The van der Waals surface area contributed by atoms with Crippen LogP contribution in [-0.2, 0) is 11.8 Å². The predicted octanol–water partition coefficient (Wildman–Crippen LogP) is 4.38. The normalized spacial score (nSPS) is 13.4. The smallest absolute Gasteiger partial charge is 0.0948 e. The van der Waals surface area contributed by atoms with Gasteiger partial charge in [0.2, 0.25) is 0 Å². The van der Waals surface area contributed by atoms with Crippen LogP contribution >= 0.6 is 22.9 Å². The van der Waals surface area contributed by atoms with Gasteiger partial charge in [-0.2, -0.15) is 0 Å². The maximum atomic E-state index is 6.28. The second-order valence-electron chi connectivity index (χ2n) is 6.06. The number of likely N-dealkylation sites (N-methyl/N-ethyl adjacent to an activating group) is 1. The topological polar surface area (TPSA) is 37.8 Å². The summed E-state index contributed by atoms with van der Waals surface area (Å²) < 4.78 is 0. The lowest BCUT2D eigenvalue weighted by Crippen LogP contribution is -2.24. The van der Waals surface area contributed by atoms with Crippen LogP contribution in [0.3, 0.4) is 0 Å². The molecule has 5 heteroatoms. The number of aromatic nitrogens is 2. The van der Waals surface area contributed by atoms with Gasteiger partial charge in [0.1, 0.15) is 0 Å². The summed E-state index contributed by atoms with van der Waals surface area (Å²) in [7, 11) is 0. The van der Waals surface area contributed by atoms with Crippen LogP contribution in [-0.4, -0.2) is 16.5 Å². The fraction of sp³-hybridized carbons (Fsp3) is 0.500. The summed E-state index contributed by atoms with van der Waals surface area (Å²) >= 11 is 7.99. The summed E-state index contributed by atoms with van der Waals surface area (Å²) in [4.78, 5) is 9.20. The van der Waals surface area contributed by atoms with Crippen LogP contribution in [0, 0.1) is 0 Å². The number of hydrogen-bond donors (Lipinski definition) is 1. The van der Waals surface area contributed by atoms with E-state index in [4.69, 9.17) is 16.6 Å². The average molecular weight is 324 g/mol. The monoisotopic (exact) mass is 323 g/mol. The summed E-state index contributed by atoms with van der Waals surface area (Å²) in [6, 6.07) is 3.84. The van der Waals surface area contributed by atoms with E-state index in [9.17, 15) is 0 Å². The van der Waals surface area contributed by atoms with Crippen molar-refractivity contribution in [1.82, 2.24) is 15.3 Å². The molecule has 0 aliphatic carbocycles. The van der Waals surface area contributed by atoms with Crippen LogP contribution < -0.4 is 5.32 Å². The molecule has 114 valence electrons. The Morgan fingerprint density at radius 1 is 1.38 bits per heavy atom. The van der Waals surface area contributed by atoms with Crippen molar-refractivity contribution in [3.8, 4) is 0 Å². The highest BCUT2D eigenvalue weighted by atomic mass is 35.5. The average Bonchev–Trinajstić information content (AvgIpc) is 2.87. The molecule has 1 unspecified atom stereocenters. The summed E-state index contributed by atoms with van der Waals surface area (Å²) in [5, 5.41) is 7.43. The fourth-order valence-electron chi connectivity index (χ4n) is 2.09. The van der Waals surface area contributed by atoms with Gasteiger partial charge in [-0.25, -0.2) is 4.98 Å². The Hall–Kier alpha value is -0.970. The molecule has 2 aromatic rings. The first-order valence-corrected chi connectivity index (χ1v) is 8.46. The van der Waals surface area contributed by atoms with Crippen molar-refractivity contribution < 1.29 is 0 Å². The molecule has 2 rings (SSSR count). The lowest BCUT2D eigenvalue weighted by molar-refractivity contribution is 0.529. The minimum atomic E-state index is 0.0884. The molecule has 1 N–H and O–H groups in total. The largest absolute Gasteiger partial charge is 0.309 e. The van der Waals surface area contributed by atoms with Crippen molar-refractivity contribution in [2.45, 2.75) is 45.6 Å². The van der Waals surface area contributed by atoms with Gasteiger partial charge in [-0.1, -0.05) is 39.3 Å². The van der Waals surface area contributed by atoms with Gasteiger partial charge in [-0.05, 0) is 18.7 Å². The second kappa shape index (κ2) is 6.86. The number of hydrogen-bond acceptors (Lipinski definition) is 4. The Labute approximate surface area is 135 Å². The molecule has 0 radical (unpaired) electrons. The zero-order valence-corrected chi connectivity index (χ0v) is 14.6. The van der Waals surface area contributed by atoms with Gasteiger partial charge in [0.25, 0.3) is 0 Å². The highest BCUT2D eigenvalue weighted by Crippen LogP contribution is 2.28. The molecule has 2 aromatic heterocycles. The Morgan fingerprint density at radius 3 is 2.71 bits per heavy atom. The van der Waals surface area contributed by atoms with E-state index in [1.54, 1.807) is 17.5 Å². The van der Waals surface area contributed by atoms with E-state index >= 15 is 0 Å². The molecule has 0 saturated carbocycles. The third-order valence-electron chi connectivity index (χ3n) is 3.27. The van der Waals surface area contributed by atoms with E-state index in [-0.39, 0.29) is 11.5 Å². The molecular weight excluding hydrogens is 302 g/mol. The number of nitrogens with one attached hydrogen (secondary N) is 1. The van der Waals surface area contributed by atoms with Gasteiger partial charge in [0.15, 0.2) is 0 Å². The molecule has 2 heterocycles. The number of pyridine rings is 1. The molecule has 0 spiro atoms. The molecule has 0 aromatic carbocycles. The van der Waals surface area contributed by atoms with Crippen molar-refractivity contribution in [2.24, 2.45) is 0 Å². The van der Waals surface area contributed by atoms with E-state index in [0.29, 0.717) is 5.02 Å². The molecule has 1 atom stereocenters. The predicted molar refractivity (Wildman–Crippen MR) is 90.2 cm³/mol. The first-order valence-electron chi connectivity index (χ1n) is 7.20. The Kier molecular flexibility index (Phi) is 5.36. The zero-order valence-electron chi connectivity index (χ0n) is 13.0. The second-order valence-corrected chi connectivity index (χ2v) is 7.41. The van der Waals surface area contributed by atoms with E-state index in [1.807, 2.05) is 12.1 Å². The van der Waals surface area contributed by atoms with Gasteiger partial charge in [-0.3, -0.25) is 4.98 Å². The summed E-state index contributed by atoms with van der Waals surface area (Å²) in [6.45, 7) is 9.51. The molecule has 0 amide bonds. The fourth-order valence-corrected chi connectivity index (χ4v) is 3.41. The van der Waals surface area contributed by atoms with Crippen LogP contribution in [0.5, 0.6) is 0 Å². The molecule has 0 aliphatic heterocycles. The highest BCUT2D eigenvalue weighted by Gasteiger charge is 2.21. The first kappa shape index (κ1) is 16.4. The van der Waals surface area contributed by atoms with Gasteiger partial charge in [0, 0.05) is 23.4 Å². The number of rotatable bonds is 5. The van der Waals surface area contributed by atoms with Crippen molar-refractivity contribution in [3.05, 3.63) is 45.1 Å². The minimum Gasteiger partial charge on any atom is -0.309 e. The molecule has 0 fully saturated rings. The molecular formula is C16H22ClN3S. The molecule has 0 saturated heterocycles. The van der Waals surface area contributed by atoms with Gasteiger partial charge >= 0.3 is 0 Å². The number of thiazole rings is 1. The Balaban J connectivity index is 2.21. The van der Waals surface area contributed by atoms with Gasteiger partial charge < -0.3 is 5.32 Å². The summed E-state index contributed by atoms with van der Waals surface area (Å²) in [6.07, 6.45) is 2.60. The number of nitrogens with zero attached hydrogens (tertiary/aromatic N) is 2. The van der Waals surface area contributed by atoms with Crippen LogP contribution in [0.15, 0.2) is 23.7 Å².